The van der Waals surface area contributed by atoms with Crippen molar-refractivity contribution in [1.29, 1.82) is 0 Å². The van der Waals surface area contributed by atoms with Crippen LogP contribution < -0.4 is 9.47 Å². The monoisotopic (exact) mass is 445 g/mol. The Morgan fingerprint density at radius 1 is 1.42 bits per heavy atom. The molecule has 0 amide bonds. The molecule has 24 heavy (non-hydrogen) atoms. The summed E-state index contributed by atoms with van der Waals surface area (Å²) in [5.41, 5.74) is 0.913. The van der Waals surface area contributed by atoms with Crippen LogP contribution in [-0.4, -0.2) is 38.2 Å². The van der Waals surface area contributed by atoms with E-state index in [4.69, 9.17) is 18.9 Å². The minimum Gasteiger partial charge on any atom is -0.493 e. The van der Waals surface area contributed by atoms with E-state index in [9.17, 15) is 9.59 Å². The Labute approximate surface area is 152 Å². The lowest BCUT2D eigenvalue weighted by Gasteiger charge is -2.13. The quantitative estimate of drug-likeness (QED) is 0.380. The summed E-state index contributed by atoms with van der Waals surface area (Å²) < 4.78 is 21.2. The van der Waals surface area contributed by atoms with Gasteiger partial charge in [0, 0.05) is 6.92 Å². The number of carbonyl (C=O) groups is 2. The van der Waals surface area contributed by atoms with E-state index in [1.54, 1.807) is 32.1 Å². The molecular weight excluding hydrogens is 429 g/mol. The molecule has 0 atom stereocenters. The summed E-state index contributed by atoms with van der Waals surface area (Å²) in [5.74, 6) is 0.221. The number of cyclic esters (lactones) is 1. The molecule has 1 aromatic rings. The molecule has 0 spiro atoms. The average molecular weight is 445 g/mol. The van der Waals surface area contributed by atoms with E-state index in [1.807, 2.05) is 0 Å². The first-order chi connectivity index (χ1) is 11.4. The number of halogens is 1. The van der Waals surface area contributed by atoms with Crippen LogP contribution in [0.25, 0.3) is 6.08 Å². The van der Waals surface area contributed by atoms with Gasteiger partial charge in [-0.1, -0.05) is 0 Å². The minimum absolute atomic E-state index is 0.212. The summed E-state index contributed by atoms with van der Waals surface area (Å²) in [6.07, 6.45) is 1.60. The number of ether oxygens (including phenoxy) is 4. The van der Waals surface area contributed by atoms with E-state index >= 15 is 0 Å². The van der Waals surface area contributed by atoms with Gasteiger partial charge in [0.05, 0.1) is 17.3 Å². The lowest BCUT2D eigenvalue weighted by atomic mass is 10.1. The molecule has 0 aliphatic carbocycles. The van der Waals surface area contributed by atoms with E-state index < -0.39 is 11.9 Å². The summed E-state index contributed by atoms with van der Waals surface area (Å²) in [6.45, 7) is 3.41. The van der Waals surface area contributed by atoms with Crippen molar-refractivity contribution in [2.24, 2.45) is 4.99 Å². The third kappa shape index (κ3) is 4.47. The Kier molecular flexibility index (Phi) is 6.18. The molecule has 1 heterocycles. The summed E-state index contributed by atoms with van der Waals surface area (Å²) >= 11 is 2.06. The van der Waals surface area contributed by atoms with Crippen molar-refractivity contribution in [1.82, 2.24) is 0 Å². The third-order valence-electron chi connectivity index (χ3n) is 2.92. The van der Waals surface area contributed by atoms with Crippen LogP contribution in [0.3, 0.4) is 0 Å². The molecule has 2 rings (SSSR count). The molecule has 0 bridgehead atoms. The first-order valence-corrected chi connectivity index (χ1v) is 8.17. The highest BCUT2D eigenvalue weighted by Gasteiger charge is 2.20. The Morgan fingerprint density at radius 3 is 2.75 bits per heavy atom. The predicted octanol–water partition coefficient (Wildman–Crippen LogP) is 2.56. The molecule has 7 nitrogen and oxygen atoms in total. The number of aliphatic imine (C=N–C) groups is 1. The van der Waals surface area contributed by atoms with Crippen LogP contribution in [0.4, 0.5) is 0 Å². The molecule has 0 aromatic heterocycles. The van der Waals surface area contributed by atoms with Gasteiger partial charge >= 0.3 is 11.9 Å². The largest absolute Gasteiger partial charge is 0.493 e. The second kappa shape index (κ2) is 8.13. The van der Waals surface area contributed by atoms with Gasteiger partial charge in [-0.2, -0.15) is 0 Å². The van der Waals surface area contributed by atoms with Crippen molar-refractivity contribution in [3.63, 3.8) is 0 Å². The van der Waals surface area contributed by atoms with Gasteiger partial charge in [0.1, 0.15) is 0 Å². The van der Waals surface area contributed by atoms with Crippen LogP contribution in [0.2, 0.25) is 0 Å². The highest BCUT2D eigenvalue weighted by Crippen LogP contribution is 2.35. The van der Waals surface area contributed by atoms with Gasteiger partial charge in [-0.3, -0.25) is 0 Å². The summed E-state index contributed by atoms with van der Waals surface area (Å²) in [5, 5.41) is 0. The van der Waals surface area contributed by atoms with Crippen molar-refractivity contribution in [2.75, 3.05) is 20.3 Å². The molecular formula is C16H16INO6. The maximum Gasteiger partial charge on any atom is 0.363 e. The fourth-order valence-corrected chi connectivity index (χ4v) is 2.75. The molecule has 1 aliphatic rings. The van der Waals surface area contributed by atoms with Crippen molar-refractivity contribution in [3.05, 3.63) is 27.0 Å². The van der Waals surface area contributed by atoms with Crippen LogP contribution in [0, 0.1) is 3.57 Å². The molecule has 0 saturated heterocycles. The maximum atomic E-state index is 11.6. The number of hydrogen-bond acceptors (Lipinski definition) is 7. The molecule has 0 N–H and O–H groups in total. The van der Waals surface area contributed by atoms with Gasteiger partial charge in [-0.15, -0.1) is 0 Å². The molecule has 1 aliphatic heterocycles. The number of carbonyl (C=O) groups excluding carboxylic acids is 2. The fraction of sp³-hybridized carbons (Fsp3) is 0.312. The van der Waals surface area contributed by atoms with Gasteiger partial charge in [-0.05, 0) is 53.3 Å². The van der Waals surface area contributed by atoms with Gasteiger partial charge in [0.15, 0.2) is 29.7 Å². The Bertz CT molecular complexity index is 726. The number of methoxy groups -OCH3 is 1. The van der Waals surface area contributed by atoms with Gasteiger partial charge < -0.3 is 18.9 Å². The maximum absolute atomic E-state index is 11.6. The number of benzene rings is 1. The Balaban J connectivity index is 2.25. The van der Waals surface area contributed by atoms with Crippen molar-refractivity contribution < 1.29 is 28.5 Å². The number of hydrogen-bond donors (Lipinski definition) is 0. The van der Waals surface area contributed by atoms with Gasteiger partial charge in [-0.25, -0.2) is 14.6 Å². The number of esters is 2. The van der Waals surface area contributed by atoms with Crippen molar-refractivity contribution >= 4 is 46.5 Å². The van der Waals surface area contributed by atoms with Crippen LogP contribution in [0.5, 0.6) is 11.5 Å². The van der Waals surface area contributed by atoms with Crippen molar-refractivity contribution in [2.45, 2.75) is 13.8 Å². The van der Waals surface area contributed by atoms with E-state index in [1.165, 1.54) is 7.11 Å². The highest BCUT2D eigenvalue weighted by atomic mass is 127. The van der Waals surface area contributed by atoms with Crippen LogP contribution in [0.15, 0.2) is 22.8 Å². The van der Waals surface area contributed by atoms with E-state index in [-0.39, 0.29) is 12.3 Å². The van der Waals surface area contributed by atoms with E-state index in [0.29, 0.717) is 29.6 Å². The zero-order chi connectivity index (χ0) is 17.7. The molecule has 8 heteroatoms. The summed E-state index contributed by atoms with van der Waals surface area (Å²) in [6, 6.07) is 3.47. The van der Waals surface area contributed by atoms with Crippen LogP contribution >= 0.6 is 22.6 Å². The fourth-order valence-electron chi connectivity index (χ4n) is 1.97. The Morgan fingerprint density at radius 2 is 2.17 bits per heavy atom. The first kappa shape index (κ1) is 18.2. The number of nitrogens with zero attached hydrogens (tertiary/aromatic N) is 1. The average Bonchev–Trinajstić information content (AvgIpc) is 2.83. The third-order valence-corrected chi connectivity index (χ3v) is 3.72. The second-order valence-corrected chi connectivity index (χ2v) is 5.84. The van der Waals surface area contributed by atoms with Crippen molar-refractivity contribution in [3.8, 4) is 11.5 Å². The summed E-state index contributed by atoms with van der Waals surface area (Å²) in [7, 11) is 1.49. The molecule has 0 radical (unpaired) electrons. The van der Waals surface area contributed by atoms with E-state index in [2.05, 4.69) is 27.6 Å². The standard InChI is InChI=1S/C16H16INO6/c1-4-22-14(19)8-23-15-11(17)5-10(7-13(15)21-3)6-12-16(20)24-9(2)18-12/h5-7H,4,8H2,1-3H3. The first-order valence-electron chi connectivity index (χ1n) is 7.09. The molecule has 0 saturated carbocycles. The van der Waals surface area contributed by atoms with Crippen LogP contribution in [0.1, 0.15) is 19.4 Å². The zero-order valence-electron chi connectivity index (χ0n) is 13.4. The lowest BCUT2D eigenvalue weighted by molar-refractivity contribution is -0.145. The molecule has 0 fully saturated rings. The summed E-state index contributed by atoms with van der Waals surface area (Å²) in [4.78, 5) is 27.1. The van der Waals surface area contributed by atoms with Gasteiger partial charge in [0.25, 0.3) is 0 Å². The number of rotatable bonds is 6. The molecule has 1 aromatic carbocycles. The zero-order valence-corrected chi connectivity index (χ0v) is 15.6. The van der Waals surface area contributed by atoms with Crippen LogP contribution in [-0.2, 0) is 19.1 Å². The predicted molar refractivity (Wildman–Crippen MR) is 95.0 cm³/mol. The van der Waals surface area contributed by atoms with E-state index in [0.717, 1.165) is 3.57 Å². The SMILES string of the molecule is CCOC(=O)COc1c(I)cc(C=C2N=C(C)OC2=O)cc1OC. The smallest absolute Gasteiger partial charge is 0.363 e. The second-order valence-electron chi connectivity index (χ2n) is 4.68. The highest BCUT2D eigenvalue weighted by molar-refractivity contribution is 14.1. The molecule has 128 valence electrons. The molecule has 0 unspecified atom stereocenters. The Hall–Kier alpha value is -2.10. The minimum atomic E-state index is -0.496. The van der Waals surface area contributed by atoms with Gasteiger partial charge in [0.2, 0.25) is 0 Å². The topological polar surface area (TPSA) is 83.4 Å². The lowest BCUT2D eigenvalue weighted by Crippen LogP contribution is -2.15. The normalized spacial score (nSPS) is 15.1.